The van der Waals surface area contributed by atoms with Crippen molar-refractivity contribution in [3.8, 4) is 0 Å². The summed E-state index contributed by atoms with van der Waals surface area (Å²) in [5.41, 5.74) is 0. The lowest BCUT2D eigenvalue weighted by atomic mass is 9.99. The van der Waals surface area contributed by atoms with Gasteiger partial charge in [-0.05, 0) is 5.92 Å². The van der Waals surface area contributed by atoms with E-state index in [0.29, 0.717) is 12.2 Å². The number of carboxylic acid groups (broad SMARTS) is 1. The minimum atomic E-state index is -1.05. The Morgan fingerprint density at radius 2 is 2.00 bits per heavy atom. The molecular formula is C12H20N4O3. The van der Waals surface area contributed by atoms with Crippen molar-refractivity contribution in [3.63, 3.8) is 0 Å². The maximum Gasteiger partial charge on any atom is 0.326 e. The van der Waals surface area contributed by atoms with Crippen molar-refractivity contribution in [1.82, 2.24) is 20.5 Å². The number of hydrogen-bond acceptors (Lipinski definition) is 4. The van der Waals surface area contributed by atoms with Gasteiger partial charge in [-0.25, -0.2) is 9.78 Å². The third-order valence-electron chi connectivity index (χ3n) is 3.02. The predicted molar refractivity (Wildman–Crippen MR) is 68.8 cm³/mol. The minimum Gasteiger partial charge on any atom is -0.480 e. The molecule has 0 aliphatic heterocycles. The number of hydrogen-bond donors (Lipinski definition) is 3. The molecule has 0 saturated heterocycles. The van der Waals surface area contributed by atoms with Gasteiger partial charge in [-0.15, -0.1) is 5.10 Å². The third kappa shape index (κ3) is 3.77. The molecule has 0 aliphatic carbocycles. The lowest BCUT2D eigenvalue weighted by Crippen LogP contribution is -2.45. The maximum atomic E-state index is 11.9. The van der Waals surface area contributed by atoms with E-state index in [0.717, 1.165) is 0 Å². The van der Waals surface area contributed by atoms with Crippen LogP contribution in [0.25, 0.3) is 0 Å². The number of amides is 1. The molecule has 7 nitrogen and oxygen atoms in total. The monoisotopic (exact) mass is 268 g/mol. The smallest absolute Gasteiger partial charge is 0.326 e. The maximum absolute atomic E-state index is 11.9. The Balaban J connectivity index is 2.79. The molecule has 3 N–H and O–H groups in total. The lowest BCUT2D eigenvalue weighted by Gasteiger charge is -2.19. The number of aromatic amines is 1. The number of aliphatic carboxylic acids is 1. The first-order valence-corrected chi connectivity index (χ1v) is 6.32. The van der Waals surface area contributed by atoms with Crippen LogP contribution in [-0.4, -0.2) is 38.2 Å². The van der Waals surface area contributed by atoms with Crippen LogP contribution in [-0.2, 0) is 4.79 Å². The van der Waals surface area contributed by atoms with Gasteiger partial charge in [-0.2, -0.15) is 0 Å². The highest BCUT2D eigenvalue weighted by Crippen LogP contribution is 2.10. The Hall–Kier alpha value is -1.92. The molecule has 0 aliphatic rings. The van der Waals surface area contributed by atoms with E-state index in [1.807, 2.05) is 20.8 Å². The highest BCUT2D eigenvalue weighted by Gasteiger charge is 2.27. The van der Waals surface area contributed by atoms with E-state index in [-0.39, 0.29) is 17.7 Å². The number of aromatic nitrogens is 3. The molecule has 2 atom stereocenters. The average Bonchev–Trinajstić information content (AvgIpc) is 2.84. The van der Waals surface area contributed by atoms with Crippen molar-refractivity contribution in [3.05, 3.63) is 11.6 Å². The summed E-state index contributed by atoms with van der Waals surface area (Å²) in [4.78, 5) is 27.0. The summed E-state index contributed by atoms with van der Waals surface area (Å²) in [7, 11) is 0. The Labute approximate surface area is 111 Å². The van der Waals surface area contributed by atoms with Gasteiger partial charge in [0.2, 0.25) is 5.82 Å². The van der Waals surface area contributed by atoms with Crippen LogP contribution < -0.4 is 5.32 Å². The third-order valence-corrected chi connectivity index (χ3v) is 3.02. The Bertz CT molecular complexity index is 456. The Morgan fingerprint density at radius 1 is 1.37 bits per heavy atom. The van der Waals surface area contributed by atoms with E-state index >= 15 is 0 Å². The molecule has 1 aromatic heterocycles. The molecule has 0 saturated carbocycles. The second-order valence-corrected chi connectivity index (χ2v) is 4.87. The first-order valence-electron chi connectivity index (χ1n) is 6.32. The van der Waals surface area contributed by atoms with Gasteiger partial charge in [0.15, 0.2) is 0 Å². The number of H-pyrrole nitrogens is 1. The number of carbonyl (C=O) groups is 2. The Morgan fingerprint density at radius 3 is 2.42 bits per heavy atom. The second-order valence-electron chi connectivity index (χ2n) is 4.87. The summed E-state index contributed by atoms with van der Waals surface area (Å²) < 4.78 is 0. The molecule has 1 rings (SSSR count). The SMILES string of the molecule is CC[C@H](C)[C@H](NC(=O)c1n[nH]c(C(C)C)n1)C(=O)O. The van der Waals surface area contributed by atoms with Gasteiger partial charge in [0.25, 0.3) is 5.91 Å². The molecule has 7 heteroatoms. The van der Waals surface area contributed by atoms with Crippen LogP contribution in [0.3, 0.4) is 0 Å². The fraction of sp³-hybridized carbons (Fsp3) is 0.667. The molecule has 0 aromatic carbocycles. The zero-order valence-corrected chi connectivity index (χ0v) is 11.6. The predicted octanol–water partition coefficient (Wildman–Crippen LogP) is 1.16. The standard InChI is InChI=1S/C12H20N4O3/c1-5-7(4)8(12(18)19)13-11(17)10-14-9(6(2)3)15-16-10/h6-8H,5H2,1-4H3,(H,13,17)(H,18,19)(H,14,15,16)/t7-,8-/m0/s1. The Kier molecular flexibility index (Phi) is 5.02. The van der Waals surface area contributed by atoms with E-state index in [9.17, 15) is 9.59 Å². The number of nitrogens with one attached hydrogen (secondary N) is 2. The van der Waals surface area contributed by atoms with E-state index in [2.05, 4.69) is 20.5 Å². The molecule has 1 heterocycles. The topological polar surface area (TPSA) is 108 Å². The van der Waals surface area contributed by atoms with Gasteiger partial charge < -0.3 is 10.4 Å². The fourth-order valence-electron chi connectivity index (χ4n) is 1.52. The minimum absolute atomic E-state index is 0.0294. The molecule has 0 radical (unpaired) electrons. The van der Waals surface area contributed by atoms with Crippen molar-refractivity contribution < 1.29 is 14.7 Å². The highest BCUT2D eigenvalue weighted by atomic mass is 16.4. The molecular weight excluding hydrogens is 248 g/mol. The van der Waals surface area contributed by atoms with E-state index in [1.54, 1.807) is 6.92 Å². The first kappa shape index (κ1) is 15.1. The highest BCUT2D eigenvalue weighted by molar-refractivity contribution is 5.93. The number of carboxylic acids is 1. The summed E-state index contributed by atoms with van der Waals surface area (Å²) in [6.45, 7) is 7.48. The van der Waals surface area contributed by atoms with Crippen LogP contribution in [0.15, 0.2) is 0 Å². The normalized spacial score (nSPS) is 14.2. The van der Waals surface area contributed by atoms with Gasteiger partial charge in [0.1, 0.15) is 11.9 Å². The fourth-order valence-corrected chi connectivity index (χ4v) is 1.52. The van der Waals surface area contributed by atoms with E-state index in [1.165, 1.54) is 0 Å². The largest absolute Gasteiger partial charge is 0.480 e. The van der Waals surface area contributed by atoms with Crippen LogP contribution in [0.5, 0.6) is 0 Å². The molecule has 0 unspecified atom stereocenters. The quantitative estimate of drug-likeness (QED) is 0.717. The molecule has 1 amide bonds. The average molecular weight is 268 g/mol. The van der Waals surface area contributed by atoms with Gasteiger partial charge in [0.05, 0.1) is 0 Å². The molecule has 0 bridgehead atoms. The van der Waals surface area contributed by atoms with E-state index in [4.69, 9.17) is 5.11 Å². The summed E-state index contributed by atoms with van der Waals surface area (Å²) >= 11 is 0. The molecule has 0 fully saturated rings. The molecule has 0 spiro atoms. The summed E-state index contributed by atoms with van der Waals surface area (Å²) in [6.07, 6.45) is 0.655. The van der Waals surface area contributed by atoms with Crippen molar-refractivity contribution >= 4 is 11.9 Å². The number of rotatable bonds is 6. The van der Waals surface area contributed by atoms with Crippen molar-refractivity contribution in [1.29, 1.82) is 0 Å². The number of nitrogens with zero attached hydrogens (tertiary/aromatic N) is 2. The van der Waals surface area contributed by atoms with Gasteiger partial charge in [-0.3, -0.25) is 9.89 Å². The zero-order valence-electron chi connectivity index (χ0n) is 11.6. The zero-order chi connectivity index (χ0) is 14.6. The molecule has 1 aromatic rings. The van der Waals surface area contributed by atoms with Crippen molar-refractivity contribution in [2.45, 2.75) is 46.1 Å². The molecule has 19 heavy (non-hydrogen) atoms. The van der Waals surface area contributed by atoms with Crippen LogP contribution >= 0.6 is 0 Å². The summed E-state index contributed by atoms with van der Waals surface area (Å²) in [5, 5.41) is 18.0. The van der Waals surface area contributed by atoms with Crippen LogP contribution in [0.1, 0.15) is 56.5 Å². The first-order chi connectivity index (χ1) is 8.86. The van der Waals surface area contributed by atoms with Crippen LogP contribution in [0, 0.1) is 5.92 Å². The van der Waals surface area contributed by atoms with Gasteiger partial charge >= 0.3 is 5.97 Å². The van der Waals surface area contributed by atoms with Crippen molar-refractivity contribution in [2.75, 3.05) is 0 Å². The van der Waals surface area contributed by atoms with Gasteiger partial charge in [-0.1, -0.05) is 34.1 Å². The summed E-state index contributed by atoms with van der Waals surface area (Å²) in [6, 6.07) is -0.932. The molecule has 106 valence electrons. The van der Waals surface area contributed by atoms with Gasteiger partial charge in [0, 0.05) is 5.92 Å². The second kappa shape index (κ2) is 6.31. The summed E-state index contributed by atoms with van der Waals surface area (Å²) in [5.74, 6) is -1.10. The van der Waals surface area contributed by atoms with Crippen molar-refractivity contribution in [2.24, 2.45) is 5.92 Å². The van der Waals surface area contributed by atoms with E-state index < -0.39 is 17.9 Å². The number of carbonyl (C=O) groups excluding carboxylic acids is 1. The van der Waals surface area contributed by atoms with Crippen LogP contribution in [0.4, 0.5) is 0 Å². The lowest BCUT2D eigenvalue weighted by molar-refractivity contribution is -0.140. The van der Waals surface area contributed by atoms with Crippen LogP contribution in [0.2, 0.25) is 0 Å².